The lowest BCUT2D eigenvalue weighted by atomic mass is 9.78. The second kappa shape index (κ2) is 7.39. The number of hydrogen-bond acceptors (Lipinski definition) is 5. The van der Waals surface area contributed by atoms with Crippen LogP contribution in [0.1, 0.15) is 54.7 Å². The minimum absolute atomic E-state index is 0.0698. The smallest absolute Gasteiger partial charge is 0.417 e. The fourth-order valence-corrected chi connectivity index (χ4v) is 5.09. The zero-order chi connectivity index (χ0) is 24.3. The number of nitriles is 1. The highest BCUT2D eigenvalue weighted by molar-refractivity contribution is 5.99. The number of nitrogen functional groups attached to an aromatic ring is 1. The molecule has 0 aliphatic carbocycles. The van der Waals surface area contributed by atoms with Gasteiger partial charge in [0.1, 0.15) is 5.75 Å². The van der Waals surface area contributed by atoms with Crippen LogP contribution in [-0.4, -0.2) is 28.7 Å². The molecule has 0 radical (unpaired) electrons. The number of rotatable bonds is 3. The highest BCUT2D eigenvalue weighted by Crippen LogP contribution is 2.49. The topological polar surface area (TPSA) is 88.6 Å². The van der Waals surface area contributed by atoms with Gasteiger partial charge in [0.25, 0.3) is 5.91 Å². The van der Waals surface area contributed by atoms with Gasteiger partial charge in [-0.15, -0.1) is 0 Å². The molecule has 0 unspecified atom stereocenters. The summed E-state index contributed by atoms with van der Waals surface area (Å²) in [7, 11) is 0. The van der Waals surface area contributed by atoms with Gasteiger partial charge >= 0.3 is 6.18 Å². The molecule has 9 heteroatoms. The van der Waals surface area contributed by atoms with Crippen LogP contribution in [0.3, 0.4) is 0 Å². The van der Waals surface area contributed by atoms with Crippen LogP contribution in [-0.2, 0) is 17.5 Å². The second-order valence-electron chi connectivity index (χ2n) is 9.56. The van der Waals surface area contributed by atoms with Gasteiger partial charge in [0.2, 0.25) is 6.29 Å². The summed E-state index contributed by atoms with van der Waals surface area (Å²) in [5.74, 6) is -0.224. The van der Waals surface area contributed by atoms with Crippen LogP contribution in [0.25, 0.3) is 0 Å². The molecular weight excluding hydrogens is 435 g/mol. The van der Waals surface area contributed by atoms with Gasteiger partial charge in [-0.25, -0.2) is 0 Å². The number of nitrogens with two attached hydrogens (primary N) is 1. The predicted molar refractivity (Wildman–Crippen MR) is 114 cm³/mol. The van der Waals surface area contributed by atoms with Crippen LogP contribution in [0.2, 0.25) is 0 Å². The summed E-state index contributed by atoms with van der Waals surface area (Å²) in [6.07, 6.45) is -5.64. The monoisotopic (exact) mass is 459 g/mol. The summed E-state index contributed by atoms with van der Waals surface area (Å²) in [6.45, 7) is 7.72. The maximum Gasteiger partial charge on any atom is 0.417 e. The number of halogens is 3. The largest absolute Gasteiger partial charge is 0.464 e. The lowest BCUT2D eigenvalue weighted by Gasteiger charge is -2.40. The molecule has 6 nitrogen and oxygen atoms in total. The third-order valence-corrected chi connectivity index (χ3v) is 6.31. The molecule has 2 N–H and O–H groups in total. The molecule has 2 aliphatic rings. The van der Waals surface area contributed by atoms with Crippen LogP contribution >= 0.6 is 0 Å². The fourth-order valence-electron chi connectivity index (χ4n) is 5.09. The van der Waals surface area contributed by atoms with Gasteiger partial charge < -0.3 is 20.1 Å². The molecule has 2 aromatic rings. The van der Waals surface area contributed by atoms with Gasteiger partial charge in [-0.05, 0) is 55.8 Å². The molecule has 2 heterocycles. The molecule has 2 aromatic carbocycles. The van der Waals surface area contributed by atoms with E-state index in [2.05, 4.69) is 0 Å². The van der Waals surface area contributed by atoms with Crippen molar-refractivity contribution in [3.8, 4) is 11.8 Å². The third kappa shape index (κ3) is 3.78. The Hall–Kier alpha value is -3.25. The summed E-state index contributed by atoms with van der Waals surface area (Å²) in [5, 5.41) is 9.02. The van der Waals surface area contributed by atoms with E-state index in [1.54, 1.807) is 29.2 Å². The number of alkyl halides is 3. The molecule has 0 bridgehead atoms. The molecule has 2 atom stereocenters. The quantitative estimate of drug-likeness (QED) is 0.671. The molecule has 0 saturated carbocycles. The number of amides is 1. The first kappa shape index (κ1) is 22.9. The van der Waals surface area contributed by atoms with Crippen molar-refractivity contribution in [1.29, 1.82) is 5.26 Å². The van der Waals surface area contributed by atoms with Crippen molar-refractivity contribution in [2.75, 3.05) is 5.73 Å². The fraction of sp³-hybridized carbons (Fsp3) is 0.417. The molecule has 0 aromatic heterocycles. The van der Waals surface area contributed by atoms with E-state index in [-0.39, 0.29) is 11.7 Å². The van der Waals surface area contributed by atoms with Gasteiger partial charge in [0, 0.05) is 17.8 Å². The molecule has 2 aliphatic heterocycles. The predicted octanol–water partition coefficient (Wildman–Crippen LogP) is 4.72. The summed E-state index contributed by atoms with van der Waals surface area (Å²) in [4.78, 5) is 14.9. The number of carbonyl (C=O) groups is 1. The van der Waals surface area contributed by atoms with Gasteiger partial charge in [-0.3, -0.25) is 4.79 Å². The van der Waals surface area contributed by atoms with E-state index in [1.165, 1.54) is 6.07 Å². The Balaban J connectivity index is 1.65. The van der Waals surface area contributed by atoms with Crippen molar-refractivity contribution in [2.24, 2.45) is 5.41 Å². The summed E-state index contributed by atoms with van der Waals surface area (Å²) in [5.41, 5.74) is 4.64. The molecule has 1 fully saturated rings. The van der Waals surface area contributed by atoms with Gasteiger partial charge in [-0.1, -0.05) is 13.8 Å². The Morgan fingerprint density at radius 1 is 1.18 bits per heavy atom. The number of hydrogen-bond donors (Lipinski definition) is 1. The van der Waals surface area contributed by atoms with E-state index >= 15 is 0 Å². The molecule has 33 heavy (non-hydrogen) atoms. The van der Waals surface area contributed by atoms with E-state index in [9.17, 15) is 18.0 Å². The number of ether oxygens (including phenoxy) is 2. The van der Waals surface area contributed by atoms with E-state index in [4.69, 9.17) is 20.5 Å². The lowest BCUT2D eigenvalue weighted by molar-refractivity contribution is -0.141. The normalized spacial score (nSPS) is 23.3. The number of carbonyl (C=O) groups excluding carboxylic acids is 1. The first-order chi connectivity index (χ1) is 15.3. The zero-order valence-corrected chi connectivity index (χ0v) is 18.7. The number of benzene rings is 2. The van der Waals surface area contributed by atoms with Crippen LogP contribution in [0.4, 0.5) is 18.9 Å². The summed E-state index contributed by atoms with van der Waals surface area (Å²) >= 11 is 0. The van der Waals surface area contributed by atoms with Crippen LogP contribution in [0.15, 0.2) is 36.4 Å². The number of fused-ring (bicyclic) bond motifs is 1. The lowest BCUT2D eigenvalue weighted by Crippen LogP contribution is -2.53. The van der Waals surface area contributed by atoms with E-state index in [1.807, 2.05) is 27.7 Å². The van der Waals surface area contributed by atoms with Gasteiger partial charge in [0.05, 0.1) is 34.3 Å². The number of nitrogens with zero attached hydrogens (tertiary/aromatic N) is 2. The van der Waals surface area contributed by atoms with E-state index in [0.29, 0.717) is 17.8 Å². The molecule has 1 amide bonds. The van der Waals surface area contributed by atoms with E-state index in [0.717, 1.165) is 17.7 Å². The molecule has 174 valence electrons. The van der Waals surface area contributed by atoms with Crippen LogP contribution < -0.4 is 10.5 Å². The minimum Gasteiger partial charge on any atom is -0.464 e. The SMILES string of the molecule is CC1(C)O[C@@H](Oc2ccc(C#N)c(C(F)(F)F)c2)C(C)(C)[C@H]1N1Cc2cc(N)ccc2C1=O. The van der Waals surface area contributed by atoms with Gasteiger partial charge in [-0.2, -0.15) is 18.4 Å². The number of anilines is 1. The summed E-state index contributed by atoms with van der Waals surface area (Å²) < 4.78 is 52.2. The van der Waals surface area contributed by atoms with Crippen molar-refractivity contribution < 1.29 is 27.4 Å². The van der Waals surface area contributed by atoms with Crippen LogP contribution in [0.5, 0.6) is 5.75 Å². The standard InChI is InChI=1S/C24H24F3N3O3/c1-22(2)20(30-12-14-9-15(29)6-8-17(14)19(30)31)23(3,4)33-21(22)32-16-7-5-13(11-28)18(10-16)24(25,26)27/h5-10,20-21H,12,29H2,1-4H3/t20-,21-/m1/s1. The molecule has 1 saturated heterocycles. The Labute approximate surface area is 189 Å². The van der Waals surface area contributed by atoms with Gasteiger partial charge in [0.15, 0.2) is 0 Å². The molecule has 4 rings (SSSR count). The Morgan fingerprint density at radius 2 is 1.88 bits per heavy atom. The van der Waals surface area contributed by atoms with Crippen molar-refractivity contribution in [2.45, 2.75) is 58.3 Å². The summed E-state index contributed by atoms with van der Waals surface area (Å²) in [6, 6.07) is 9.46. The zero-order valence-electron chi connectivity index (χ0n) is 18.7. The Bertz CT molecular complexity index is 1170. The highest BCUT2D eigenvalue weighted by atomic mass is 19.4. The van der Waals surface area contributed by atoms with Crippen molar-refractivity contribution >= 4 is 11.6 Å². The highest BCUT2D eigenvalue weighted by Gasteiger charge is 2.60. The first-order valence-corrected chi connectivity index (χ1v) is 10.4. The molecular formula is C24H24F3N3O3. The van der Waals surface area contributed by atoms with Crippen molar-refractivity contribution in [3.63, 3.8) is 0 Å². The van der Waals surface area contributed by atoms with Crippen LogP contribution in [0, 0.1) is 16.7 Å². The first-order valence-electron chi connectivity index (χ1n) is 10.4. The second-order valence-corrected chi connectivity index (χ2v) is 9.56. The Kier molecular flexibility index (Phi) is 5.13. The molecule has 0 spiro atoms. The average Bonchev–Trinajstić information content (AvgIpc) is 3.09. The van der Waals surface area contributed by atoms with Crippen molar-refractivity contribution in [3.05, 3.63) is 58.7 Å². The Morgan fingerprint density at radius 3 is 2.52 bits per heavy atom. The van der Waals surface area contributed by atoms with Crippen molar-refractivity contribution in [1.82, 2.24) is 4.90 Å². The maximum absolute atomic E-state index is 13.4. The minimum atomic E-state index is -4.70. The third-order valence-electron chi connectivity index (χ3n) is 6.31. The average molecular weight is 459 g/mol. The van der Waals surface area contributed by atoms with E-state index < -0.39 is 40.7 Å². The maximum atomic E-state index is 13.4.